The predicted molar refractivity (Wildman–Crippen MR) is 118 cm³/mol. The zero-order valence-corrected chi connectivity index (χ0v) is 17.8. The molecule has 3 heterocycles. The second kappa shape index (κ2) is 8.53. The van der Waals surface area contributed by atoms with Crippen LogP contribution in [0.3, 0.4) is 0 Å². The predicted octanol–water partition coefficient (Wildman–Crippen LogP) is 4.92. The molecule has 0 saturated carbocycles. The summed E-state index contributed by atoms with van der Waals surface area (Å²) < 4.78 is 11.6. The number of nitrogens with zero attached hydrogens (tertiary/aromatic N) is 2. The molecule has 1 fully saturated rings. The number of aromatic nitrogens is 1. The van der Waals surface area contributed by atoms with Crippen LogP contribution in [0.5, 0.6) is 0 Å². The van der Waals surface area contributed by atoms with Crippen LogP contribution in [0.1, 0.15) is 29.1 Å². The first-order valence-corrected chi connectivity index (χ1v) is 10.2. The minimum absolute atomic E-state index is 0.111. The van der Waals surface area contributed by atoms with Crippen LogP contribution < -0.4 is 5.32 Å². The highest BCUT2D eigenvalue weighted by molar-refractivity contribution is 7.80. The van der Waals surface area contributed by atoms with E-state index in [-0.39, 0.29) is 12.1 Å². The Hall–Kier alpha value is -2.41. The van der Waals surface area contributed by atoms with Crippen molar-refractivity contribution in [3.05, 3.63) is 76.8 Å². The van der Waals surface area contributed by atoms with Crippen LogP contribution in [0, 0.1) is 6.92 Å². The van der Waals surface area contributed by atoms with Gasteiger partial charge in [0.15, 0.2) is 5.11 Å². The molecule has 2 aromatic heterocycles. The van der Waals surface area contributed by atoms with Gasteiger partial charge in [-0.2, -0.15) is 0 Å². The number of hydrogen-bond acceptors (Lipinski definition) is 4. The van der Waals surface area contributed by atoms with Crippen molar-refractivity contribution in [1.29, 1.82) is 0 Å². The number of benzene rings is 1. The van der Waals surface area contributed by atoms with Gasteiger partial charge in [-0.05, 0) is 61.1 Å². The van der Waals surface area contributed by atoms with Crippen LogP contribution >= 0.6 is 23.8 Å². The van der Waals surface area contributed by atoms with Crippen molar-refractivity contribution in [2.45, 2.75) is 19.0 Å². The number of thiocarbonyl (C=S) groups is 1. The lowest BCUT2D eigenvalue weighted by molar-refractivity contribution is 0.158. The summed E-state index contributed by atoms with van der Waals surface area (Å²) in [4.78, 5) is 6.64. The SMILES string of the molecule is COCCN1C(=S)N[C@H](c2ccccn2)[C@H]1c1ccc(-c2cc(Cl)ccc2C)o1. The van der Waals surface area contributed by atoms with E-state index in [4.69, 9.17) is 33.0 Å². The summed E-state index contributed by atoms with van der Waals surface area (Å²) in [5, 5.41) is 4.75. The van der Waals surface area contributed by atoms with E-state index in [1.165, 1.54) is 0 Å². The first kappa shape index (κ1) is 19.9. The van der Waals surface area contributed by atoms with Crippen LogP contribution in [0.25, 0.3) is 11.3 Å². The summed E-state index contributed by atoms with van der Waals surface area (Å²) in [7, 11) is 1.69. The number of rotatable bonds is 6. The number of hydrogen-bond donors (Lipinski definition) is 1. The van der Waals surface area contributed by atoms with Gasteiger partial charge in [0.05, 0.1) is 18.3 Å². The van der Waals surface area contributed by atoms with Gasteiger partial charge in [-0.15, -0.1) is 0 Å². The van der Waals surface area contributed by atoms with Gasteiger partial charge in [0.25, 0.3) is 0 Å². The summed E-state index contributed by atoms with van der Waals surface area (Å²) in [6.07, 6.45) is 1.79. The molecule has 1 saturated heterocycles. The van der Waals surface area contributed by atoms with Gasteiger partial charge in [0.2, 0.25) is 0 Å². The summed E-state index contributed by atoms with van der Waals surface area (Å²) >= 11 is 11.8. The number of nitrogens with one attached hydrogen (secondary N) is 1. The van der Waals surface area contributed by atoms with Gasteiger partial charge >= 0.3 is 0 Å². The van der Waals surface area contributed by atoms with Gasteiger partial charge in [-0.1, -0.05) is 23.7 Å². The fraction of sp³-hybridized carbons (Fsp3) is 0.273. The molecule has 1 aliphatic rings. The zero-order chi connectivity index (χ0) is 20.4. The van der Waals surface area contributed by atoms with Gasteiger partial charge < -0.3 is 19.4 Å². The van der Waals surface area contributed by atoms with Gasteiger partial charge in [-0.3, -0.25) is 4.98 Å². The molecule has 0 spiro atoms. The summed E-state index contributed by atoms with van der Waals surface area (Å²) in [5.41, 5.74) is 3.00. The summed E-state index contributed by atoms with van der Waals surface area (Å²) in [6.45, 7) is 3.26. The van der Waals surface area contributed by atoms with Crippen molar-refractivity contribution in [3.8, 4) is 11.3 Å². The normalized spacial score (nSPS) is 18.9. The van der Waals surface area contributed by atoms with Crippen molar-refractivity contribution < 1.29 is 9.15 Å². The van der Waals surface area contributed by atoms with E-state index < -0.39 is 0 Å². The van der Waals surface area contributed by atoms with Crippen LogP contribution in [0.4, 0.5) is 0 Å². The van der Waals surface area contributed by atoms with Crippen molar-refractivity contribution >= 4 is 28.9 Å². The van der Waals surface area contributed by atoms with E-state index in [1.807, 2.05) is 55.5 Å². The highest BCUT2D eigenvalue weighted by Gasteiger charge is 2.41. The number of methoxy groups -OCH3 is 1. The third-order valence-electron chi connectivity index (χ3n) is 5.12. The van der Waals surface area contributed by atoms with Crippen LogP contribution in [0.15, 0.2) is 59.1 Å². The fourth-order valence-electron chi connectivity index (χ4n) is 3.66. The Kier molecular flexibility index (Phi) is 5.85. The lowest BCUT2D eigenvalue weighted by atomic mass is 10.0. The molecule has 1 aromatic carbocycles. The Morgan fingerprint density at radius 3 is 2.86 bits per heavy atom. The van der Waals surface area contributed by atoms with Crippen LogP contribution in [-0.4, -0.2) is 35.3 Å². The molecule has 2 atom stereocenters. The van der Waals surface area contributed by atoms with Gasteiger partial charge in [0.1, 0.15) is 17.6 Å². The lowest BCUT2D eigenvalue weighted by Crippen LogP contribution is -2.32. The van der Waals surface area contributed by atoms with E-state index in [0.29, 0.717) is 23.3 Å². The second-order valence-electron chi connectivity index (χ2n) is 6.97. The Morgan fingerprint density at radius 2 is 2.10 bits per heavy atom. The minimum Gasteiger partial charge on any atom is -0.459 e. The number of ether oxygens (including phenoxy) is 1. The van der Waals surface area contributed by atoms with E-state index in [9.17, 15) is 0 Å². The molecule has 150 valence electrons. The number of halogens is 1. The largest absolute Gasteiger partial charge is 0.459 e. The van der Waals surface area contributed by atoms with Crippen molar-refractivity contribution in [2.24, 2.45) is 0 Å². The third-order valence-corrected chi connectivity index (χ3v) is 5.70. The Morgan fingerprint density at radius 1 is 1.24 bits per heavy atom. The molecule has 0 aliphatic carbocycles. The van der Waals surface area contributed by atoms with E-state index >= 15 is 0 Å². The number of furan rings is 1. The highest BCUT2D eigenvalue weighted by Crippen LogP contribution is 2.40. The first-order chi connectivity index (χ1) is 14.1. The van der Waals surface area contributed by atoms with E-state index in [1.54, 1.807) is 13.3 Å². The maximum Gasteiger partial charge on any atom is 0.170 e. The fourth-order valence-corrected chi connectivity index (χ4v) is 4.17. The topological polar surface area (TPSA) is 50.5 Å². The molecule has 0 amide bonds. The smallest absolute Gasteiger partial charge is 0.170 e. The zero-order valence-electron chi connectivity index (χ0n) is 16.3. The van der Waals surface area contributed by atoms with Crippen LogP contribution in [0.2, 0.25) is 5.02 Å². The maximum atomic E-state index is 6.33. The lowest BCUT2D eigenvalue weighted by Gasteiger charge is -2.25. The molecule has 5 nitrogen and oxygen atoms in total. The molecule has 0 radical (unpaired) electrons. The van der Waals surface area contributed by atoms with Crippen molar-refractivity contribution in [2.75, 3.05) is 20.3 Å². The standard InChI is InChI=1S/C22H22ClN3O2S/c1-14-6-7-15(23)13-16(14)18-8-9-19(28-18)21-20(17-5-3-4-10-24-17)25-22(29)26(21)11-12-27-2/h3-10,13,20-21H,11-12H2,1-2H3,(H,25,29)/t20-,21-/m1/s1. The molecule has 0 unspecified atom stereocenters. The molecule has 0 bridgehead atoms. The number of aryl methyl sites for hydroxylation is 1. The maximum absolute atomic E-state index is 6.33. The molecule has 7 heteroatoms. The highest BCUT2D eigenvalue weighted by atomic mass is 35.5. The van der Waals surface area contributed by atoms with E-state index in [2.05, 4.69) is 15.2 Å². The Balaban J connectivity index is 1.73. The molecule has 4 rings (SSSR count). The average molecular weight is 428 g/mol. The van der Waals surface area contributed by atoms with Gasteiger partial charge in [-0.25, -0.2) is 0 Å². The quantitative estimate of drug-likeness (QED) is 0.563. The minimum atomic E-state index is -0.124. The monoisotopic (exact) mass is 427 g/mol. The first-order valence-electron chi connectivity index (χ1n) is 9.41. The summed E-state index contributed by atoms with van der Waals surface area (Å²) in [6, 6.07) is 15.4. The Labute approximate surface area is 180 Å². The van der Waals surface area contributed by atoms with Crippen molar-refractivity contribution in [1.82, 2.24) is 15.2 Å². The average Bonchev–Trinajstić information content (AvgIpc) is 3.33. The molecule has 1 aliphatic heterocycles. The second-order valence-corrected chi connectivity index (χ2v) is 7.80. The molecule has 3 aromatic rings. The number of pyridine rings is 1. The third kappa shape index (κ3) is 4.01. The van der Waals surface area contributed by atoms with Crippen LogP contribution in [-0.2, 0) is 4.74 Å². The molecule has 29 heavy (non-hydrogen) atoms. The van der Waals surface area contributed by atoms with Crippen molar-refractivity contribution in [3.63, 3.8) is 0 Å². The molecular formula is C22H22ClN3O2S. The molecule has 1 N–H and O–H groups in total. The van der Waals surface area contributed by atoms with E-state index in [0.717, 1.165) is 28.3 Å². The van der Waals surface area contributed by atoms with Gasteiger partial charge in [0, 0.05) is 30.4 Å². The summed E-state index contributed by atoms with van der Waals surface area (Å²) in [5.74, 6) is 1.60. The Bertz CT molecular complexity index is 1010. The molecular weight excluding hydrogens is 406 g/mol.